The van der Waals surface area contributed by atoms with E-state index in [1.165, 1.54) is 12.8 Å². The van der Waals surface area contributed by atoms with E-state index in [9.17, 15) is 0 Å². The van der Waals surface area contributed by atoms with Gasteiger partial charge in [0.25, 0.3) is 0 Å². The van der Waals surface area contributed by atoms with E-state index in [0.29, 0.717) is 24.1 Å². The average Bonchev–Trinajstić information content (AvgIpc) is 3.13. The number of likely N-dealkylation sites (N-methyl/N-ethyl adjacent to an activating group) is 1. The van der Waals surface area contributed by atoms with Gasteiger partial charge in [0.1, 0.15) is 11.8 Å². The number of aryl methyl sites for hydroxylation is 1. The third-order valence-electron chi connectivity index (χ3n) is 3.18. The summed E-state index contributed by atoms with van der Waals surface area (Å²) in [5.41, 5.74) is 7.02. The van der Waals surface area contributed by atoms with Gasteiger partial charge in [0.15, 0.2) is 0 Å². The first-order valence-corrected chi connectivity index (χ1v) is 5.84. The lowest BCUT2D eigenvalue weighted by Crippen LogP contribution is -2.40. The molecule has 1 fully saturated rings. The maximum atomic E-state index is 8.90. The zero-order valence-corrected chi connectivity index (χ0v) is 10.2. The summed E-state index contributed by atoms with van der Waals surface area (Å²) in [7, 11) is 1.95. The Balaban J connectivity index is 2.26. The second kappa shape index (κ2) is 4.68. The maximum Gasteiger partial charge on any atom is 0.226 e. The highest BCUT2D eigenvalue weighted by Gasteiger charge is 2.34. The fourth-order valence-corrected chi connectivity index (χ4v) is 2.06. The minimum absolute atomic E-state index is 0.281. The molecular weight excluding hydrogens is 214 g/mol. The van der Waals surface area contributed by atoms with Crippen molar-refractivity contribution in [3.63, 3.8) is 0 Å². The minimum atomic E-state index is 0.281. The zero-order valence-electron chi connectivity index (χ0n) is 10.2. The van der Waals surface area contributed by atoms with Crippen molar-refractivity contribution in [1.29, 1.82) is 5.26 Å². The fraction of sp³-hybridized carbons (Fsp3) is 0.583. The largest absolute Gasteiger partial charge is 0.339 e. The van der Waals surface area contributed by atoms with Crippen molar-refractivity contribution in [2.24, 2.45) is 11.7 Å². The van der Waals surface area contributed by atoms with Crippen LogP contribution in [-0.2, 0) is 0 Å². The summed E-state index contributed by atoms with van der Waals surface area (Å²) in [5, 5.41) is 8.90. The summed E-state index contributed by atoms with van der Waals surface area (Å²) in [6, 6.07) is 4.02. The number of rotatable bonds is 4. The van der Waals surface area contributed by atoms with Crippen molar-refractivity contribution in [3.8, 4) is 6.07 Å². The van der Waals surface area contributed by atoms with Gasteiger partial charge in [0.2, 0.25) is 5.95 Å². The van der Waals surface area contributed by atoms with Crippen LogP contribution in [0.1, 0.15) is 24.2 Å². The van der Waals surface area contributed by atoms with Crippen LogP contribution >= 0.6 is 0 Å². The molecule has 5 heteroatoms. The summed E-state index contributed by atoms with van der Waals surface area (Å²) in [5.74, 6) is 1.25. The van der Waals surface area contributed by atoms with Gasteiger partial charge in [-0.1, -0.05) is 0 Å². The maximum absolute atomic E-state index is 8.90. The Kier molecular flexibility index (Phi) is 3.25. The Labute approximate surface area is 101 Å². The van der Waals surface area contributed by atoms with Gasteiger partial charge in [-0.25, -0.2) is 9.97 Å². The molecule has 90 valence electrons. The molecule has 1 aromatic heterocycles. The minimum Gasteiger partial charge on any atom is -0.339 e. The summed E-state index contributed by atoms with van der Waals surface area (Å²) >= 11 is 0. The number of nitriles is 1. The van der Waals surface area contributed by atoms with Gasteiger partial charge in [-0.2, -0.15) is 5.26 Å². The quantitative estimate of drug-likeness (QED) is 0.830. The summed E-state index contributed by atoms with van der Waals surface area (Å²) in [6.07, 6.45) is 2.45. The number of hydrogen-bond acceptors (Lipinski definition) is 5. The van der Waals surface area contributed by atoms with Gasteiger partial charge >= 0.3 is 0 Å². The van der Waals surface area contributed by atoms with Crippen LogP contribution in [0.25, 0.3) is 0 Å². The van der Waals surface area contributed by atoms with Crippen molar-refractivity contribution in [2.45, 2.75) is 25.8 Å². The Morgan fingerprint density at radius 2 is 2.29 bits per heavy atom. The van der Waals surface area contributed by atoms with Gasteiger partial charge in [-0.05, 0) is 31.7 Å². The molecule has 1 aromatic rings. The molecule has 5 nitrogen and oxygen atoms in total. The van der Waals surface area contributed by atoms with Gasteiger partial charge in [0, 0.05) is 25.3 Å². The number of nitrogens with zero attached hydrogens (tertiary/aromatic N) is 4. The van der Waals surface area contributed by atoms with Gasteiger partial charge in [-0.3, -0.25) is 0 Å². The molecule has 1 aliphatic carbocycles. The second-order valence-electron chi connectivity index (χ2n) is 4.56. The van der Waals surface area contributed by atoms with Gasteiger partial charge < -0.3 is 10.6 Å². The molecule has 0 spiro atoms. The third kappa shape index (κ3) is 2.53. The fourth-order valence-electron chi connectivity index (χ4n) is 2.06. The predicted molar refractivity (Wildman–Crippen MR) is 65.5 cm³/mol. The number of nitrogens with two attached hydrogens (primary N) is 1. The lowest BCUT2D eigenvalue weighted by atomic mass is 10.1. The summed E-state index contributed by atoms with van der Waals surface area (Å²) in [6.45, 7) is 2.47. The Morgan fingerprint density at radius 1 is 1.59 bits per heavy atom. The summed E-state index contributed by atoms with van der Waals surface area (Å²) < 4.78 is 0. The SMILES string of the molecule is Cc1cc(C#N)nc(N(C)C(CN)C2CC2)n1. The van der Waals surface area contributed by atoms with Gasteiger partial charge in [0.05, 0.1) is 0 Å². The number of anilines is 1. The van der Waals surface area contributed by atoms with E-state index in [1.807, 2.05) is 18.9 Å². The zero-order chi connectivity index (χ0) is 12.4. The Hall–Kier alpha value is -1.67. The lowest BCUT2D eigenvalue weighted by Gasteiger charge is -2.27. The average molecular weight is 231 g/mol. The normalized spacial score (nSPS) is 16.4. The van der Waals surface area contributed by atoms with Crippen molar-refractivity contribution in [1.82, 2.24) is 9.97 Å². The highest BCUT2D eigenvalue weighted by atomic mass is 15.3. The smallest absolute Gasteiger partial charge is 0.226 e. The number of hydrogen-bond donors (Lipinski definition) is 1. The topological polar surface area (TPSA) is 78.8 Å². The highest BCUT2D eigenvalue weighted by Crippen LogP contribution is 2.35. The molecule has 0 bridgehead atoms. The lowest BCUT2D eigenvalue weighted by molar-refractivity contribution is 0.560. The second-order valence-corrected chi connectivity index (χ2v) is 4.56. The molecule has 0 aliphatic heterocycles. The molecule has 0 aromatic carbocycles. The molecule has 17 heavy (non-hydrogen) atoms. The molecule has 0 amide bonds. The van der Waals surface area contributed by atoms with Gasteiger partial charge in [-0.15, -0.1) is 0 Å². The van der Waals surface area contributed by atoms with E-state index >= 15 is 0 Å². The highest BCUT2D eigenvalue weighted by molar-refractivity contribution is 5.37. The molecule has 1 unspecified atom stereocenters. The molecule has 1 atom stereocenters. The molecule has 1 heterocycles. The molecule has 1 saturated carbocycles. The van der Waals surface area contributed by atoms with Crippen LogP contribution in [0, 0.1) is 24.2 Å². The molecule has 2 rings (SSSR count). The first-order valence-electron chi connectivity index (χ1n) is 5.84. The molecular formula is C12H17N5. The third-order valence-corrected chi connectivity index (χ3v) is 3.18. The van der Waals surface area contributed by atoms with E-state index < -0.39 is 0 Å². The number of aromatic nitrogens is 2. The first-order chi connectivity index (χ1) is 8.15. The van der Waals surface area contributed by atoms with E-state index in [1.54, 1.807) is 6.07 Å². The van der Waals surface area contributed by atoms with Crippen molar-refractivity contribution in [3.05, 3.63) is 17.5 Å². The van der Waals surface area contributed by atoms with Crippen molar-refractivity contribution >= 4 is 5.95 Å². The van der Waals surface area contributed by atoms with Crippen LogP contribution in [0.15, 0.2) is 6.07 Å². The van der Waals surface area contributed by atoms with E-state index in [-0.39, 0.29) is 6.04 Å². The van der Waals surface area contributed by atoms with E-state index in [2.05, 4.69) is 16.0 Å². The van der Waals surface area contributed by atoms with Crippen LogP contribution in [0.2, 0.25) is 0 Å². The standard InChI is InChI=1S/C12H17N5/c1-8-5-10(6-13)16-12(15-8)17(2)11(7-14)9-3-4-9/h5,9,11H,3-4,7,14H2,1-2H3. The van der Waals surface area contributed by atoms with Crippen molar-refractivity contribution < 1.29 is 0 Å². The summed E-state index contributed by atoms with van der Waals surface area (Å²) in [4.78, 5) is 10.6. The van der Waals surface area contributed by atoms with E-state index in [0.717, 1.165) is 5.69 Å². The van der Waals surface area contributed by atoms with Crippen LogP contribution in [0.4, 0.5) is 5.95 Å². The van der Waals surface area contributed by atoms with Crippen LogP contribution in [-0.4, -0.2) is 29.6 Å². The van der Waals surface area contributed by atoms with Crippen LogP contribution < -0.4 is 10.6 Å². The molecule has 0 radical (unpaired) electrons. The van der Waals surface area contributed by atoms with Crippen LogP contribution in [0.3, 0.4) is 0 Å². The molecule has 1 aliphatic rings. The van der Waals surface area contributed by atoms with Crippen LogP contribution in [0.5, 0.6) is 0 Å². The Bertz CT molecular complexity index is 447. The Morgan fingerprint density at radius 3 is 2.82 bits per heavy atom. The van der Waals surface area contributed by atoms with E-state index in [4.69, 9.17) is 11.0 Å². The predicted octanol–water partition coefficient (Wildman–Crippen LogP) is 0.830. The monoisotopic (exact) mass is 231 g/mol. The molecule has 2 N–H and O–H groups in total. The first kappa shape index (κ1) is 11.8. The van der Waals surface area contributed by atoms with Crippen molar-refractivity contribution in [2.75, 3.05) is 18.5 Å². The molecule has 0 saturated heterocycles.